The first-order valence-electron chi connectivity index (χ1n) is 14.0. The van der Waals surface area contributed by atoms with E-state index in [1.165, 1.54) is 44.5 Å². The molecule has 0 heterocycles. The quantitative estimate of drug-likeness (QED) is 0.221. The Morgan fingerprint density at radius 3 is 1.48 bits per heavy atom. The van der Waals surface area contributed by atoms with Crippen molar-refractivity contribution in [1.29, 1.82) is 0 Å². The Morgan fingerprint density at radius 1 is 0.400 bits per heavy atom. The molecule has 0 aliphatic heterocycles. The summed E-state index contributed by atoms with van der Waals surface area (Å²) < 4.78 is 0. The normalized spacial score (nSPS) is 12.9. The average molecular weight is 514 g/mol. The van der Waals surface area contributed by atoms with Crippen LogP contribution in [0.3, 0.4) is 0 Å². The number of anilines is 3. The third-order valence-electron chi connectivity index (χ3n) is 8.22. The molecule has 0 spiro atoms. The van der Waals surface area contributed by atoms with Gasteiger partial charge in [0.15, 0.2) is 0 Å². The minimum Gasteiger partial charge on any atom is -0.310 e. The summed E-state index contributed by atoms with van der Waals surface area (Å²) in [5, 5.41) is 0. The van der Waals surface area contributed by atoms with E-state index in [-0.39, 0.29) is 0 Å². The molecule has 6 aromatic carbocycles. The first kappa shape index (κ1) is 24.2. The van der Waals surface area contributed by atoms with Crippen LogP contribution >= 0.6 is 0 Å². The van der Waals surface area contributed by atoms with Crippen LogP contribution in [0.4, 0.5) is 17.1 Å². The van der Waals surface area contributed by atoms with Gasteiger partial charge in [-0.2, -0.15) is 0 Å². The van der Waals surface area contributed by atoms with Crippen molar-refractivity contribution in [2.75, 3.05) is 4.90 Å². The second-order valence-electron chi connectivity index (χ2n) is 10.8. The van der Waals surface area contributed by atoms with Gasteiger partial charge in [-0.3, -0.25) is 0 Å². The minimum absolute atomic E-state index is 0.421. The van der Waals surface area contributed by atoms with Crippen molar-refractivity contribution in [3.05, 3.63) is 185 Å². The van der Waals surface area contributed by atoms with Crippen molar-refractivity contribution in [1.82, 2.24) is 0 Å². The second kappa shape index (κ2) is 9.70. The molecule has 0 aromatic heterocycles. The maximum absolute atomic E-state index is 2.43. The van der Waals surface area contributed by atoms with Crippen LogP contribution in [-0.2, 0) is 5.41 Å². The summed E-state index contributed by atoms with van der Waals surface area (Å²) in [5.74, 6) is 0. The number of hydrogen-bond acceptors (Lipinski definition) is 1. The highest BCUT2D eigenvalue weighted by atomic mass is 15.1. The van der Waals surface area contributed by atoms with Crippen LogP contribution in [0.25, 0.3) is 11.1 Å². The summed E-state index contributed by atoms with van der Waals surface area (Å²) in [6, 6.07) is 55.5. The van der Waals surface area contributed by atoms with Crippen molar-refractivity contribution < 1.29 is 0 Å². The monoisotopic (exact) mass is 513 g/mol. The van der Waals surface area contributed by atoms with E-state index in [0.29, 0.717) is 0 Å². The number of aryl methyl sites for hydroxylation is 2. The molecule has 1 heteroatoms. The van der Waals surface area contributed by atoms with Crippen LogP contribution in [0.1, 0.15) is 33.4 Å². The Bertz CT molecular complexity index is 1730. The standard InChI is InChI=1S/C39H31N/c1-28-13-11-19-32(25-28)40(33-20-12-14-29(2)26-33)34-23-24-36-35-21-9-10-22-37(35)39(38(36)27-34,30-15-5-3-6-16-30)31-17-7-4-8-18-31/h3-27H,1-2H3. The van der Waals surface area contributed by atoms with E-state index in [1.54, 1.807) is 0 Å². The van der Waals surface area contributed by atoms with Crippen LogP contribution in [-0.4, -0.2) is 0 Å². The fourth-order valence-corrected chi connectivity index (χ4v) is 6.55. The Hall–Kier alpha value is -4.88. The average Bonchev–Trinajstić information content (AvgIpc) is 3.29. The molecule has 1 aliphatic rings. The Balaban J connectivity index is 1.55. The summed E-state index contributed by atoms with van der Waals surface area (Å²) >= 11 is 0. The smallest absolute Gasteiger partial charge is 0.0714 e. The molecule has 0 saturated carbocycles. The highest BCUT2D eigenvalue weighted by Crippen LogP contribution is 2.57. The molecule has 0 unspecified atom stereocenters. The minimum atomic E-state index is -0.421. The predicted octanol–water partition coefficient (Wildman–Crippen LogP) is 10.1. The summed E-state index contributed by atoms with van der Waals surface area (Å²) in [7, 11) is 0. The van der Waals surface area contributed by atoms with Crippen molar-refractivity contribution in [2.45, 2.75) is 19.3 Å². The third-order valence-corrected chi connectivity index (χ3v) is 8.22. The van der Waals surface area contributed by atoms with Gasteiger partial charge in [-0.15, -0.1) is 0 Å². The molecule has 0 N–H and O–H groups in total. The molecule has 0 bridgehead atoms. The Labute approximate surface area is 237 Å². The van der Waals surface area contributed by atoms with E-state index in [9.17, 15) is 0 Å². The number of nitrogens with zero attached hydrogens (tertiary/aromatic N) is 1. The number of rotatable bonds is 5. The predicted molar refractivity (Wildman–Crippen MR) is 168 cm³/mol. The van der Waals surface area contributed by atoms with Gasteiger partial charge in [0.1, 0.15) is 0 Å². The molecule has 40 heavy (non-hydrogen) atoms. The zero-order chi connectivity index (χ0) is 27.1. The van der Waals surface area contributed by atoms with E-state index in [0.717, 1.165) is 17.1 Å². The fraction of sp³-hybridized carbons (Fsp3) is 0.0769. The topological polar surface area (TPSA) is 3.24 Å². The van der Waals surface area contributed by atoms with Crippen molar-refractivity contribution in [3.63, 3.8) is 0 Å². The lowest BCUT2D eigenvalue weighted by atomic mass is 9.67. The summed E-state index contributed by atoms with van der Waals surface area (Å²) in [6.45, 7) is 4.32. The van der Waals surface area contributed by atoms with E-state index in [4.69, 9.17) is 0 Å². The van der Waals surface area contributed by atoms with Crippen molar-refractivity contribution in [2.24, 2.45) is 0 Å². The molecule has 192 valence electrons. The molecule has 0 amide bonds. The number of fused-ring (bicyclic) bond motifs is 3. The van der Waals surface area contributed by atoms with Gasteiger partial charge in [0.2, 0.25) is 0 Å². The number of benzene rings is 6. The van der Waals surface area contributed by atoms with Gasteiger partial charge < -0.3 is 4.90 Å². The molecule has 0 radical (unpaired) electrons. The maximum Gasteiger partial charge on any atom is 0.0714 e. The van der Waals surface area contributed by atoms with Gasteiger partial charge in [0, 0.05) is 17.1 Å². The molecule has 0 fully saturated rings. The van der Waals surface area contributed by atoms with E-state index in [1.807, 2.05) is 0 Å². The molecule has 6 aromatic rings. The summed E-state index contributed by atoms with van der Waals surface area (Å²) in [5.41, 5.74) is 13.3. The van der Waals surface area contributed by atoms with Crippen LogP contribution in [0.5, 0.6) is 0 Å². The lowest BCUT2D eigenvalue weighted by molar-refractivity contribution is 0.768. The van der Waals surface area contributed by atoms with Gasteiger partial charge in [-0.25, -0.2) is 0 Å². The SMILES string of the molecule is Cc1cccc(N(c2cccc(C)c2)c2ccc3c(c2)C(c2ccccc2)(c2ccccc2)c2ccccc2-3)c1. The highest BCUT2D eigenvalue weighted by Gasteiger charge is 2.46. The highest BCUT2D eigenvalue weighted by molar-refractivity contribution is 5.89. The third kappa shape index (κ3) is 3.78. The van der Waals surface area contributed by atoms with Crippen molar-refractivity contribution in [3.8, 4) is 11.1 Å². The van der Waals surface area contributed by atoms with Gasteiger partial charge in [-0.1, -0.05) is 115 Å². The van der Waals surface area contributed by atoms with E-state index >= 15 is 0 Å². The number of hydrogen-bond donors (Lipinski definition) is 0. The van der Waals surface area contributed by atoms with Gasteiger partial charge >= 0.3 is 0 Å². The van der Waals surface area contributed by atoms with E-state index in [2.05, 4.69) is 170 Å². The first-order valence-corrected chi connectivity index (χ1v) is 14.0. The van der Waals surface area contributed by atoms with Crippen LogP contribution in [0.15, 0.2) is 152 Å². The van der Waals surface area contributed by atoms with Gasteiger partial charge in [0.05, 0.1) is 5.41 Å². The van der Waals surface area contributed by atoms with Crippen LogP contribution < -0.4 is 4.90 Å². The van der Waals surface area contributed by atoms with Gasteiger partial charge in [-0.05, 0) is 94.8 Å². The van der Waals surface area contributed by atoms with E-state index < -0.39 is 5.41 Å². The fourth-order valence-electron chi connectivity index (χ4n) is 6.55. The lowest BCUT2D eigenvalue weighted by Gasteiger charge is -2.35. The first-order chi connectivity index (χ1) is 19.7. The summed E-state index contributed by atoms with van der Waals surface area (Å²) in [6.07, 6.45) is 0. The summed E-state index contributed by atoms with van der Waals surface area (Å²) in [4.78, 5) is 2.39. The molecule has 1 nitrogen and oxygen atoms in total. The largest absolute Gasteiger partial charge is 0.310 e. The Morgan fingerprint density at radius 2 is 0.900 bits per heavy atom. The zero-order valence-electron chi connectivity index (χ0n) is 22.9. The molecular formula is C39H31N. The molecule has 7 rings (SSSR count). The molecule has 1 aliphatic carbocycles. The van der Waals surface area contributed by atoms with Crippen LogP contribution in [0, 0.1) is 13.8 Å². The van der Waals surface area contributed by atoms with Gasteiger partial charge in [0.25, 0.3) is 0 Å². The second-order valence-corrected chi connectivity index (χ2v) is 10.8. The lowest BCUT2D eigenvalue weighted by Crippen LogP contribution is -2.28. The van der Waals surface area contributed by atoms with Crippen LogP contribution in [0.2, 0.25) is 0 Å². The van der Waals surface area contributed by atoms with Crippen molar-refractivity contribution >= 4 is 17.1 Å². The Kier molecular flexibility index (Phi) is 5.86. The maximum atomic E-state index is 2.43. The zero-order valence-corrected chi connectivity index (χ0v) is 22.9. The molecule has 0 saturated heterocycles. The molecular weight excluding hydrogens is 482 g/mol. The molecule has 0 atom stereocenters.